The summed E-state index contributed by atoms with van der Waals surface area (Å²) in [4.78, 5) is 1.58. The first-order chi connectivity index (χ1) is 13.7. The van der Waals surface area contributed by atoms with Gasteiger partial charge in [-0.1, -0.05) is 26.0 Å². The van der Waals surface area contributed by atoms with E-state index in [0.717, 1.165) is 0 Å². The third-order valence-corrected chi connectivity index (χ3v) is 5.77. The number of nitrogens with one attached hydrogen (secondary N) is 1. The molecule has 160 valence electrons. The Bertz CT molecular complexity index is 774. The molecule has 3 rings (SSSR count). The average molecular weight is 407 g/mol. The quantitative estimate of drug-likeness (QED) is 0.435. The normalized spacial score (nSPS) is 36.5. The van der Waals surface area contributed by atoms with E-state index in [-0.39, 0.29) is 23.8 Å². The number of halogens is 1. The molecule has 0 spiro atoms. The fourth-order valence-electron chi connectivity index (χ4n) is 3.79. The Labute approximate surface area is 170 Å². The van der Waals surface area contributed by atoms with Crippen molar-refractivity contribution in [2.75, 3.05) is 7.05 Å². The molecular weight excluding hydrogens is 375 g/mol. The molecule has 0 amide bonds. The maximum atomic E-state index is 14.5. The smallest absolute Gasteiger partial charge is 0.131 e. The minimum absolute atomic E-state index is 0.0809. The Morgan fingerprint density at radius 2 is 2.07 bits per heavy atom. The first kappa shape index (κ1) is 21.6. The Morgan fingerprint density at radius 3 is 2.72 bits per heavy atom. The summed E-state index contributed by atoms with van der Waals surface area (Å²) in [5.74, 6) is -0.629. The van der Waals surface area contributed by atoms with Crippen LogP contribution in [0, 0.1) is 17.8 Å². The molecule has 0 aromatic rings. The molecule has 0 radical (unpaired) electrons. The summed E-state index contributed by atoms with van der Waals surface area (Å²) in [5.41, 5.74) is 12.9. The number of aliphatic hydroxyl groups is 2. The van der Waals surface area contributed by atoms with Gasteiger partial charge in [0, 0.05) is 18.0 Å². The fraction of sp³-hybridized carbons (Fsp3) is 0.524. The molecule has 7 nitrogen and oxygen atoms in total. The van der Waals surface area contributed by atoms with Crippen molar-refractivity contribution in [1.29, 1.82) is 0 Å². The van der Waals surface area contributed by atoms with E-state index in [1.807, 2.05) is 38.2 Å². The predicted octanol–water partition coefficient (Wildman–Crippen LogP) is 1.15. The summed E-state index contributed by atoms with van der Waals surface area (Å²) in [6.45, 7) is 3.87. The highest BCUT2D eigenvalue weighted by Gasteiger charge is 2.41. The highest BCUT2D eigenvalue weighted by atomic mass is 19.1. The number of nitrogens with zero attached hydrogens (tertiary/aromatic N) is 1. The van der Waals surface area contributed by atoms with Crippen LogP contribution in [-0.4, -0.2) is 46.9 Å². The highest BCUT2D eigenvalue weighted by molar-refractivity contribution is 5.28. The molecule has 7 unspecified atom stereocenters. The lowest BCUT2D eigenvalue weighted by Gasteiger charge is -2.44. The summed E-state index contributed by atoms with van der Waals surface area (Å²) >= 11 is 0. The Hall–Kier alpha value is -2.13. The van der Waals surface area contributed by atoms with Gasteiger partial charge < -0.3 is 31.7 Å². The van der Waals surface area contributed by atoms with Crippen LogP contribution >= 0.6 is 0 Å². The Morgan fingerprint density at radius 1 is 1.34 bits per heavy atom. The molecule has 0 aromatic heterocycles. The number of nitrogens with two attached hydrogens (primary N) is 2. The second-order valence-electron chi connectivity index (χ2n) is 8.04. The van der Waals surface area contributed by atoms with Crippen LogP contribution in [0.1, 0.15) is 20.3 Å². The summed E-state index contributed by atoms with van der Waals surface area (Å²) in [7, 11) is 1.67. The maximum Gasteiger partial charge on any atom is 0.131 e. The van der Waals surface area contributed by atoms with Crippen LogP contribution < -0.4 is 16.8 Å². The third kappa shape index (κ3) is 4.56. The average Bonchev–Trinajstić information content (AvgIpc) is 2.64. The SMILES string of the molecule is CC1C=CC(NC2C(C(N)O)C(OC3C=CC=C(N)C3C)=CC(O)N2C)=C(F)C1. The maximum absolute atomic E-state index is 14.5. The van der Waals surface area contributed by atoms with Gasteiger partial charge in [-0.05, 0) is 37.3 Å². The number of hydrogen-bond donors (Lipinski definition) is 5. The second kappa shape index (κ2) is 8.71. The largest absolute Gasteiger partial charge is 0.490 e. The van der Waals surface area contributed by atoms with E-state index >= 15 is 0 Å². The van der Waals surface area contributed by atoms with Crippen LogP contribution in [0.2, 0.25) is 0 Å². The van der Waals surface area contributed by atoms with Gasteiger partial charge in [0.15, 0.2) is 0 Å². The van der Waals surface area contributed by atoms with E-state index in [9.17, 15) is 14.6 Å². The van der Waals surface area contributed by atoms with Gasteiger partial charge in [-0.15, -0.1) is 0 Å². The fourth-order valence-corrected chi connectivity index (χ4v) is 3.79. The molecule has 1 heterocycles. The Kier molecular flexibility index (Phi) is 6.48. The van der Waals surface area contributed by atoms with E-state index in [1.54, 1.807) is 18.0 Å². The van der Waals surface area contributed by atoms with E-state index in [2.05, 4.69) is 5.32 Å². The summed E-state index contributed by atoms with van der Waals surface area (Å²) in [6.07, 6.45) is 7.55. The zero-order valence-corrected chi connectivity index (χ0v) is 17.0. The molecule has 1 aliphatic heterocycles. The van der Waals surface area contributed by atoms with Crippen molar-refractivity contribution < 1.29 is 19.3 Å². The standard InChI is InChI=1S/C21H31FN4O3/c1-11-7-8-15(13(22)9-11)25-21-19(20(24)28)17(10-18(27)26(21)3)29-16-6-4-5-14(23)12(16)2/h4-8,10-12,16,18-21,25,27-28H,9,23-24H2,1-3H3. The minimum atomic E-state index is -1.29. The molecule has 8 heteroatoms. The molecule has 0 bridgehead atoms. The number of allylic oxidation sites excluding steroid dienone is 5. The van der Waals surface area contributed by atoms with E-state index < -0.39 is 24.5 Å². The molecule has 0 aromatic carbocycles. The number of likely N-dealkylation sites (N-methyl/N-ethyl adjacent to an activating group) is 1. The lowest BCUT2D eigenvalue weighted by atomic mass is 9.92. The molecule has 2 aliphatic carbocycles. The molecule has 7 atom stereocenters. The first-order valence-corrected chi connectivity index (χ1v) is 9.88. The third-order valence-electron chi connectivity index (χ3n) is 5.77. The van der Waals surface area contributed by atoms with Crippen LogP contribution in [-0.2, 0) is 4.74 Å². The van der Waals surface area contributed by atoms with E-state index in [1.165, 1.54) is 6.08 Å². The van der Waals surface area contributed by atoms with Crippen molar-refractivity contribution in [2.45, 2.75) is 45.0 Å². The van der Waals surface area contributed by atoms with Crippen molar-refractivity contribution in [2.24, 2.45) is 29.2 Å². The van der Waals surface area contributed by atoms with Crippen molar-refractivity contribution in [1.82, 2.24) is 10.2 Å². The van der Waals surface area contributed by atoms with Gasteiger partial charge in [-0.3, -0.25) is 4.90 Å². The molecule has 29 heavy (non-hydrogen) atoms. The summed E-state index contributed by atoms with van der Waals surface area (Å²) in [5, 5.41) is 24.0. The van der Waals surface area contributed by atoms with Crippen LogP contribution in [0.4, 0.5) is 4.39 Å². The van der Waals surface area contributed by atoms with E-state index in [0.29, 0.717) is 23.6 Å². The van der Waals surface area contributed by atoms with Gasteiger partial charge in [0.25, 0.3) is 0 Å². The highest BCUT2D eigenvalue weighted by Crippen LogP contribution is 2.33. The van der Waals surface area contributed by atoms with Crippen molar-refractivity contribution >= 4 is 0 Å². The zero-order valence-electron chi connectivity index (χ0n) is 17.0. The zero-order chi connectivity index (χ0) is 21.3. The molecule has 0 saturated heterocycles. The summed E-state index contributed by atoms with van der Waals surface area (Å²) < 4.78 is 20.6. The monoisotopic (exact) mass is 406 g/mol. The summed E-state index contributed by atoms with van der Waals surface area (Å²) in [6, 6.07) is 0. The molecule has 0 fully saturated rings. The molecular formula is C21H31FN4O3. The van der Waals surface area contributed by atoms with Crippen LogP contribution in [0.3, 0.4) is 0 Å². The number of aliphatic hydroxyl groups excluding tert-OH is 2. The van der Waals surface area contributed by atoms with Gasteiger partial charge in [-0.2, -0.15) is 0 Å². The van der Waals surface area contributed by atoms with Crippen molar-refractivity contribution in [3.63, 3.8) is 0 Å². The molecule has 7 N–H and O–H groups in total. The number of hydrogen-bond acceptors (Lipinski definition) is 7. The second-order valence-corrected chi connectivity index (χ2v) is 8.04. The predicted molar refractivity (Wildman–Crippen MR) is 109 cm³/mol. The van der Waals surface area contributed by atoms with Gasteiger partial charge in [0.1, 0.15) is 30.1 Å². The van der Waals surface area contributed by atoms with Crippen molar-refractivity contribution in [3.8, 4) is 0 Å². The first-order valence-electron chi connectivity index (χ1n) is 9.88. The minimum Gasteiger partial charge on any atom is -0.490 e. The molecule has 3 aliphatic rings. The van der Waals surface area contributed by atoms with E-state index in [4.69, 9.17) is 16.2 Å². The Balaban J connectivity index is 1.87. The number of rotatable bonds is 5. The topological polar surface area (TPSA) is 117 Å². The lowest BCUT2D eigenvalue weighted by Crippen LogP contribution is -2.59. The van der Waals surface area contributed by atoms with Crippen LogP contribution in [0.25, 0.3) is 0 Å². The number of ether oxygens (including phenoxy) is 1. The van der Waals surface area contributed by atoms with Gasteiger partial charge in [-0.25, -0.2) is 4.39 Å². The lowest BCUT2D eigenvalue weighted by molar-refractivity contribution is -0.0634. The van der Waals surface area contributed by atoms with Crippen molar-refractivity contribution in [3.05, 3.63) is 59.4 Å². The van der Waals surface area contributed by atoms with Crippen LogP contribution in [0.5, 0.6) is 0 Å². The van der Waals surface area contributed by atoms with Gasteiger partial charge >= 0.3 is 0 Å². The van der Waals surface area contributed by atoms with Gasteiger partial charge in [0.2, 0.25) is 0 Å². The van der Waals surface area contributed by atoms with Crippen LogP contribution in [0.15, 0.2) is 59.4 Å². The molecule has 0 saturated carbocycles. The van der Waals surface area contributed by atoms with Gasteiger partial charge in [0.05, 0.1) is 17.8 Å².